The van der Waals surface area contributed by atoms with E-state index in [0.717, 1.165) is 7.11 Å². The van der Waals surface area contributed by atoms with Crippen molar-refractivity contribution in [1.29, 1.82) is 0 Å². The van der Waals surface area contributed by atoms with Crippen molar-refractivity contribution in [2.45, 2.75) is 12.5 Å². The molecule has 1 aromatic heterocycles. The predicted octanol–water partition coefficient (Wildman–Crippen LogP) is 2.47. The molecule has 16 heavy (non-hydrogen) atoms. The molecule has 0 amide bonds. The van der Waals surface area contributed by atoms with E-state index in [4.69, 9.17) is 0 Å². The first-order valence-electron chi connectivity index (χ1n) is 3.91. The summed E-state index contributed by atoms with van der Waals surface area (Å²) in [6, 6.07) is 0.474. The van der Waals surface area contributed by atoms with Crippen molar-refractivity contribution in [3.8, 4) is 11.6 Å². The molecule has 0 unspecified atom stereocenters. The number of nitrogens with zero attached hydrogens (tertiary/aromatic N) is 1. The zero-order chi connectivity index (χ0) is 12.3. The van der Waals surface area contributed by atoms with Crippen LogP contribution in [0.5, 0.6) is 11.6 Å². The normalized spacial score (nSPS) is 11.7. The predicted molar refractivity (Wildman–Crippen MR) is 42.3 cm³/mol. The van der Waals surface area contributed by atoms with Gasteiger partial charge < -0.3 is 9.47 Å². The summed E-state index contributed by atoms with van der Waals surface area (Å²) in [5.74, 6) is -2.36. The molecule has 3 nitrogen and oxygen atoms in total. The van der Waals surface area contributed by atoms with E-state index in [2.05, 4.69) is 14.5 Å². The van der Waals surface area contributed by atoms with Gasteiger partial charge in [-0.3, -0.25) is 0 Å². The fraction of sp³-hybridized carbons (Fsp3) is 0.375. The van der Waals surface area contributed by atoms with Crippen molar-refractivity contribution >= 4 is 0 Å². The van der Waals surface area contributed by atoms with E-state index in [0.29, 0.717) is 12.3 Å². The molecule has 0 atom stereocenters. The van der Waals surface area contributed by atoms with Gasteiger partial charge in [0.2, 0.25) is 5.88 Å². The Bertz CT molecular complexity index is 371. The van der Waals surface area contributed by atoms with Gasteiger partial charge in [-0.05, 0) is 0 Å². The van der Waals surface area contributed by atoms with Crippen LogP contribution in [-0.2, 0) is 0 Å². The van der Waals surface area contributed by atoms with Crippen LogP contribution in [0.4, 0.5) is 22.0 Å². The number of ether oxygens (including phenoxy) is 2. The number of halogens is 5. The summed E-state index contributed by atoms with van der Waals surface area (Å²) < 4.78 is 69.2. The third-order valence-corrected chi connectivity index (χ3v) is 1.48. The van der Waals surface area contributed by atoms with Crippen LogP contribution in [0, 0.1) is 5.82 Å². The summed E-state index contributed by atoms with van der Waals surface area (Å²) in [5.41, 5.74) is 0. The van der Waals surface area contributed by atoms with Crippen molar-refractivity contribution in [3.63, 3.8) is 0 Å². The quantitative estimate of drug-likeness (QED) is 0.761. The Hall–Kier alpha value is -1.60. The molecule has 0 spiro atoms. The van der Waals surface area contributed by atoms with Gasteiger partial charge in [-0.25, -0.2) is 9.37 Å². The first-order chi connectivity index (χ1) is 7.36. The van der Waals surface area contributed by atoms with Crippen LogP contribution in [0.3, 0.4) is 0 Å². The lowest BCUT2D eigenvalue weighted by molar-refractivity contribution is -0.253. The van der Waals surface area contributed by atoms with Crippen LogP contribution in [0.2, 0.25) is 0 Å². The second-order valence-electron chi connectivity index (χ2n) is 2.63. The van der Waals surface area contributed by atoms with E-state index >= 15 is 0 Å². The summed E-state index contributed by atoms with van der Waals surface area (Å²) in [6.45, 7) is 0. The maximum atomic E-state index is 12.9. The van der Waals surface area contributed by atoms with Crippen LogP contribution in [0.1, 0.15) is 0 Å². The summed E-state index contributed by atoms with van der Waals surface area (Å²) in [4.78, 5) is 3.24. The Morgan fingerprint density at radius 3 is 2.44 bits per heavy atom. The maximum Gasteiger partial charge on any atom is 0.461 e. The molecule has 0 aliphatic rings. The maximum absolute atomic E-state index is 12.9. The van der Waals surface area contributed by atoms with Gasteiger partial charge in [0.1, 0.15) is 5.75 Å². The summed E-state index contributed by atoms with van der Waals surface area (Å²) >= 11 is 0. The molecule has 0 saturated heterocycles. The fourth-order valence-corrected chi connectivity index (χ4v) is 0.816. The summed E-state index contributed by atoms with van der Waals surface area (Å²) in [5, 5.41) is 0. The van der Waals surface area contributed by atoms with E-state index < -0.39 is 30.0 Å². The molecule has 90 valence electrons. The molecule has 8 heteroatoms. The average molecular weight is 243 g/mol. The van der Waals surface area contributed by atoms with E-state index in [-0.39, 0.29) is 0 Å². The highest BCUT2D eigenvalue weighted by atomic mass is 19.3. The Morgan fingerprint density at radius 1 is 1.38 bits per heavy atom. The fourth-order valence-electron chi connectivity index (χ4n) is 0.816. The second-order valence-corrected chi connectivity index (χ2v) is 2.63. The zero-order valence-corrected chi connectivity index (χ0v) is 7.89. The molecular formula is C8H6F5NO2. The Balaban J connectivity index is 2.87. The molecule has 0 aliphatic carbocycles. The highest BCUT2D eigenvalue weighted by molar-refractivity contribution is 5.25. The van der Waals surface area contributed by atoms with Crippen molar-refractivity contribution in [2.75, 3.05) is 7.11 Å². The minimum Gasteiger partial charge on any atom is -0.479 e. The minimum absolute atomic E-state index is 0.451. The number of hydrogen-bond donors (Lipinski definition) is 0. The third-order valence-electron chi connectivity index (χ3n) is 1.48. The highest BCUT2D eigenvalue weighted by Crippen LogP contribution is 2.28. The number of methoxy groups -OCH3 is 1. The second kappa shape index (κ2) is 4.50. The molecule has 1 heterocycles. The number of pyridine rings is 1. The number of rotatable bonds is 4. The molecule has 0 fully saturated rings. The zero-order valence-electron chi connectivity index (χ0n) is 7.89. The Morgan fingerprint density at radius 2 is 2.00 bits per heavy atom. The Kier molecular flexibility index (Phi) is 3.51. The van der Waals surface area contributed by atoms with E-state index in [9.17, 15) is 22.0 Å². The molecular weight excluding hydrogens is 237 g/mol. The van der Waals surface area contributed by atoms with Crippen LogP contribution in [0.25, 0.3) is 0 Å². The lowest BCUT2D eigenvalue weighted by Crippen LogP contribution is -2.33. The van der Waals surface area contributed by atoms with Gasteiger partial charge in [-0.15, -0.1) is 0 Å². The van der Waals surface area contributed by atoms with Crippen LogP contribution >= 0.6 is 0 Å². The first-order valence-corrected chi connectivity index (χ1v) is 3.91. The summed E-state index contributed by atoms with van der Waals surface area (Å²) in [6.07, 6.45) is -8.06. The molecule has 0 aliphatic heterocycles. The van der Waals surface area contributed by atoms with Gasteiger partial charge in [-0.1, -0.05) is 0 Å². The average Bonchev–Trinajstić information content (AvgIpc) is 2.17. The van der Waals surface area contributed by atoms with E-state index in [1.165, 1.54) is 0 Å². The van der Waals surface area contributed by atoms with Crippen LogP contribution in [-0.4, -0.2) is 24.6 Å². The van der Waals surface area contributed by atoms with E-state index in [1.807, 2.05) is 0 Å². The molecule has 0 bridgehead atoms. The van der Waals surface area contributed by atoms with Crippen LogP contribution in [0.15, 0.2) is 12.3 Å². The molecule has 1 aromatic rings. The van der Waals surface area contributed by atoms with Crippen LogP contribution < -0.4 is 9.47 Å². The molecule has 0 radical (unpaired) electrons. The smallest absolute Gasteiger partial charge is 0.461 e. The van der Waals surface area contributed by atoms with Crippen molar-refractivity contribution in [3.05, 3.63) is 18.1 Å². The largest absolute Gasteiger partial charge is 0.479 e. The SMILES string of the molecule is COc1ncc(OC(F)(F)C(F)F)cc1F. The van der Waals surface area contributed by atoms with Gasteiger partial charge in [0.25, 0.3) is 0 Å². The topological polar surface area (TPSA) is 31.4 Å². The Labute approximate surface area is 86.8 Å². The van der Waals surface area contributed by atoms with Gasteiger partial charge >= 0.3 is 12.5 Å². The lowest BCUT2D eigenvalue weighted by Gasteiger charge is -2.16. The third kappa shape index (κ3) is 2.71. The molecule has 0 N–H and O–H groups in total. The number of hydrogen-bond acceptors (Lipinski definition) is 3. The van der Waals surface area contributed by atoms with Gasteiger partial charge in [0.05, 0.1) is 13.3 Å². The van der Waals surface area contributed by atoms with Crippen molar-refractivity contribution < 1.29 is 31.4 Å². The number of alkyl halides is 4. The van der Waals surface area contributed by atoms with Crippen molar-refractivity contribution in [2.24, 2.45) is 0 Å². The molecule has 0 aromatic carbocycles. The number of aromatic nitrogens is 1. The van der Waals surface area contributed by atoms with Gasteiger partial charge in [-0.2, -0.15) is 17.6 Å². The van der Waals surface area contributed by atoms with Crippen molar-refractivity contribution in [1.82, 2.24) is 4.98 Å². The molecule has 1 rings (SSSR count). The van der Waals surface area contributed by atoms with Gasteiger partial charge in [0, 0.05) is 6.07 Å². The molecule has 0 saturated carbocycles. The highest BCUT2D eigenvalue weighted by Gasteiger charge is 2.44. The van der Waals surface area contributed by atoms with E-state index in [1.54, 1.807) is 0 Å². The minimum atomic E-state index is -4.69. The van der Waals surface area contributed by atoms with Gasteiger partial charge in [0.15, 0.2) is 5.82 Å². The summed E-state index contributed by atoms with van der Waals surface area (Å²) in [7, 11) is 1.11. The first kappa shape index (κ1) is 12.5. The monoisotopic (exact) mass is 243 g/mol. The lowest BCUT2D eigenvalue weighted by atomic mass is 10.4. The standard InChI is InChI=1S/C8H6F5NO2/c1-15-6-5(9)2-4(3-14-6)16-8(12,13)7(10)11/h2-3,7H,1H3.